The Hall–Kier alpha value is -0.780. The third kappa shape index (κ3) is 2.66. The van der Waals surface area contributed by atoms with Crippen LogP contribution in [0.2, 0.25) is 0 Å². The highest BCUT2D eigenvalue weighted by molar-refractivity contribution is 7.76. The third-order valence-electron chi connectivity index (χ3n) is 3.01. The van der Waals surface area contributed by atoms with Crippen LogP contribution in [-0.4, -0.2) is 26.2 Å². The molecule has 1 unspecified atom stereocenters. The molecule has 1 aromatic rings. The van der Waals surface area contributed by atoms with E-state index in [1.165, 1.54) is 16.4 Å². The SMILES string of the molecule is O=S([O-])N1CCC(c2ccc(F)cc2)CC1. The van der Waals surface area contributed by atoms with E-state index in [1.807, 2.05) is 0 Å². The van der Waals surface area contributed by atoms with Gasteiger partial charge in [0.1, 0.15) is 5.82 Å². The molecule has 0 aliphatic carbocycles. The molecular weight excluding hydrogens is 229 g/mol. The summed E-state index contributed by atoms with van der Waals surface area (Å²) >= 11 is -2.10. The second-order valence-corrected chi connectivity index (χ2v) is 4.92. The Balaban J connectivity index is 1.99. The van der Waals surface area contributed by atoms with E-state index < -0.39 is 11.3 Å². The maximum absolute atomic E-state index is 12.7. The molecule has 3 nitrogen and oxygen atoms in total. The molecule has 88 valence electrons. The maximum Gasteiger partial charge on any atom is 0.123 e. The van der Waals surface area contributed by atoms with Crippen LogP contribution in [0.4, 0.5) is 4.39 Å². The first-order valence-electron chi connectivity index (χ1n) is 5.26. The van der Waals surface area contributed by atoms with Crippen LogP contribution in [-0.2, 0) is 11.3 Å². The summed E-state index contributed by atoms with van der Waals surface area (Å²) in [6.07, 6.45) is 1.61. The summed E-state index contributed by atoms with van der Waals surface area (Å²) in [5.74, 6) is 0.113. The normalized spacial score (nSPS) is 20.9. The number of rotatable bonds is 2. The van der Waals surface area contributed by atoms with Crippen LogP contribution < -0.4 is 0 Å². The highest BCUT2D eigenvalue weighted by atomic mass is 32.2. The molecule has 16 heavy (non-hydrogen) atoms. The van der Waals surface area contributed by atoms with Crippen molar-refractivity contribution in [2.45, 2.75) is 18.8 Å². The Bertz CT molecular complexity index is 374. The number of hydrogen-bond acceptors (Lipinski definition) is 2. The summed E-state index contributed by atoms with van der Waals surface area (Å²) in [5.41, 5.74) is 1.10. The number of nitrogens with zero attached hydrogens (tertiary/aromatic N) is 1. The summed E-state index contributed by atoms with van der Waals surface area (Å²) in [6.45, 7) is 1.11. The van der Waals surface area contributed by atoms with Crippen LogP contribution in [0, 0.1) is 5.82 Å². The molecule has 1 aliphatic rings. The highest BCUT2D eigenvalue weighted by Crippen LogP contribution is 2.28. The summed E-state index contributed by atoms with van der Waals surface area (Å²) in [5, 5.41) is 0. The summed E-state index contributed by atoms with van der Waals surface area (Å²) in [7, 11) is 0. The van der Waals surface area contributed by atoms with Crippen LogP contribution in [0.25, 0.3) is 0 Å². The summed E-state index contributed by atoms with van der Waals surface area (Å²) in [6, 6.07) is 6.47. The number of halogens is 1. The van der Waals surface area contributed by atoms with Crippen molar-refractivity contribution in [3.8, 4) is 0 Å². The van der Waals surface area contributed by atoms with E-state index in [2.05, 4.69) is 0 Å². The zero-order valence-electron chi connectivity index (χ0n) is 8.77. The molecule has 0 bridgehead atoms. The van der Waals surface area contributed by atoms with E-state index >= 15 is 0 Å². The van der Waals surface area contributed by atoms with Crippen molar-refractivity contribution >= 4 is 11.3 Å². The third-order valence-corrected chi connectivity index (χ3v) is 3.79. The Morgan fingerprint density at radius 2 is 1.81 bits per heavy atom. The molecule has 0 saturated carbocycles. The fourth-order valence-electron chi connectivity index (χ4n) is 2.07. The molecular formula is C11H13FNO2S-. The van der Waals surface area contributed by atoms with Gasteiger partial charge in [0.05, 0.1) is 0 Å². The van der Waals surface area contributed by atoms with Gasteiger partial charge >= 0.3 is 0 Å². The van der Waals surface area contributed by atoms with Gasteiger partial charge in [-0.25, -0.2) is 8.70 Å². The van der Waals surface area contributed by atoms with Gasteiger partial charge in [0.15, 0.2) is 0 Å². The van der Waals surface area contributed by atoms with Crippen molar-refractivity contribution in [3.63, 3.8) is 0 Å². The molecule has 1 aromatic carbocycles. The van der Waals surface area contributed by atoms with Crippen LogP contribution in [0.15, 0.2) is 24.3 Å². The predicted octanol–water partition coefficient (Wildman–Crippen LogP) is 1.80. The lowest BCUT2D eigenvalue weighted by molar-refractivity contribution is 0.309. The standard InChI is InChI=1S/C11H14FNO2S/c12-11-3-1-9(2-4-11)10-5-7-13(8-6-10)16(14)15/h1-4,10H,5-8H2,(H,14,15)/p-1. The first-order valence-corrected chi connectivity index (χ1v) is 6.30. The van der Waals surface area contributed by atoms with Gasteiger partial charge in [0.2, 0.25) is 0 Å². The van der Waals surface area contributed by atoms with Gasteiger partial charge < -0.3 is 4.55 Å². The lowest BCUT2D eigenvalue weighted by Crippen LogP contribution is -2.34. The average Bonchev–Trinajstić information content (AvgIpc) is 2.30. The van der Waals surface area contributed by atoms with Crippen LogP contribution in [0.5, 0.6) is 0 Å². The van der Waals surface area contributed by atoms with Gasteiger partial charge in [-0.05, 0) is 36.5 Å². The molecule has 1 saturated heterocycles. The summed E-state index contributed by atoms with van der Waals surface area (Å²) < 4.78 is 35.6. The molecule has 1 atom stereocenters. The lowest BCUT2D eigenvalue weighted by atomic mass is 9.90. The Labute approximate surface area is 96.7 Å². The van der Waals surface area contributed by atoms with E-state index in [0.717, 1.165) is 18.4 Å². The smallest absolute Gasteiger partial charge is 0.123 e. The molecule has 0 amide bonds. The molecule has 5 heteroatoms. The number of hydrogen-bond donors (Lipinski definition) is 0. The fourth-order valence-corrected chi connectivity index (χ4v) is 2.58. The topological polar surface area (TPSA) is 43.4 Å². The van der Waals surface area contributed by atoms with Crippen LogP contribution in [0.3, 0.4) is 0 Å². The quantitative estimate of drug-likeness (QED) is 0.742. The minimum atomic E-state index is -2.10. The van der Waals surface area contributed by atoms with Crippen LogP contribution in [0.1, 0.15) is 24.3 Å². The van der Waals surface area contributed by atoms with E-state index in [0.29, 0.717) is 19.0 Å². The second-order valence-electron chi connectivity index (χ2n) is 3.97. The molecule has 0 aromatic heterocycles. The molecule has 1 fully saturated rings. The van der Waals surface area contributed by atoms with Crippen LogP contribution >= 0.6 is 0 Å². The number of benzene rings is 1. The van der Waals surface area contributed by atoms with E-state index in [1.54, 1.807) is 12.1 Å². The Morgan fingerprint density at radius 1 is 1.25 bits per heavy atom. The van der Waals surface area contributed by atoms with Gasteiger partial charge in [0, 0.05) is 24.4 Å². The van der Waals surface area contributed by atoms with Gasteiger partial charge in [-0.15, -0.1) is 0 Å². The van der Waals surface area contributed by atoms with Crippen molar-refractivity contribution in [3.05, 3.63) is 35.6 Å². The average molecular weight is 242 g/mol. The second kappa shape index (κ2) is 5.03. The first-order chi connectivity index (χ1) is 7.66. The predicted molar refractivity (Wildman–Crippen MR) is 58.9 cm³/mol. The summed E-state index contributed by atoms with van der Waals surface area (Å²) in [4.78, 5) is 0. The van der Waals surface area contributed by atoms with Crippen molar-refractivity contribution < 1.29 is 13.2 Å². The largest absolute Gasteiger partial charge is 0.760 e. The van der Waals surface area contributed by atoms with Gasteiger partial charge in [0.25, 0.3) is 0 Å². The maximum atomic E-state index is 12.7. The molecule has 1 aliphatic heterocycles. The number of piperidine rings is 1. The van der Waals surface area contributed by atoms with Crippen molar-refractivity contribution in [1.29, 1.82) is 0 Å². The molecule has 0 radical (unpaired) electrons. The van der Waals surface area contributed by atoms with E-state index in [-0.39, 0.29) is 5.82 Å². The van der Waals surface area contributed by atoms with Crippen molar-refractivity contribution in [2.24, 2.45) is 0 Å². The van der Waals surface area contributed by atoms with E-state index in [9.17, 15) is 13.2 Å². The van der Waals surface area contributed by atoms with E-state index in [4.69, 9.17) is 0 Å². The first kappa shape index (κ1) is 11.7. The van der Waals surface area contributed by atoms with Gasteiger partial charge in [-0.2, -0.15) is 0 Å². The zero-order chi connectivity index (χ0) is 11.5. The lowest BCUT2D eigenvalue weighted by Gasteiger charge is -2.32. The zero-order valence-corrected chi connectivity index (χ0v) is 9.58. The van der Waals surface area contributed by atoms with Gasteiger partial charge in [-0.1, -0.05) is 12.1 Å². The molecule has 0 spiro atoms. The molecule has 1 heterocycles. The van der Waals surface area contributed by atoms with Gasteiger partial charge in [-0.3, -0.25) is 4.21 Å². The highest BCUT2D eigenvalue weighted by Gasteiger charge is 2.20. The Morgan fingerprint density at radius 3 is 2.31 bits per heavy atom. The van der Waals surface area contributed by atoms with Crippen molar-refractivity contribution in [2.75, 3.05) is 13.1 Å². The monoisotopic (exact) mass is 242 g/mol. The van der Waals surface area contributed by atoms with Crippen molar-refractivity contribution in [1.82, 2.24) is 4.31 Å². The molecule has 2 rings (SSSR count). The fraction of sp³-hybridized carbons (Fsp3) is 0.455. The minimum Gasteiger partial charge on any atom is -0.760 e. The Kier molecular flexibility index (Phi) is 3.68. The minimum absolute atomic E-state index is 0.234. The molecule has 0 N–H and O–H groups in total.